The van der Waals surface area contributed by atoms with Gasteiger partial charge in [0.25, 0.3) is 5.91 Å². The predicted octanol–water partition coefficient (Wildman–Crippen LogP) is 3.99. The second-order valence-electron chi connectivity index (χ2n) is 7.20. The van der Waals surface area contributed by atoms with Crippen molar-refractivity contribution in [3.8, 4) is 0 Å². The lowest BCUT2D eigenvalue weighted by atomic mass is 10.0. The summed E-state index contributed by atoms with van der Waals surface area (Å²) >= 11 is 1.48. The normalized spacial score (nSPS) is 14.7. The summed E-state index contributed by atoms with van der Waals surface area (Å²) in [5.41, 5.74) is 1.15. The Kier molecular flexibility index (Phi) is 6.05. The number of amides is 2. The highest BCUT2D eigenvalue weighted by atomic mass is 32.1. The summed E-state index contributed by atoms with van der Waals surface area (Å²) in [6, 6.07) is 15.8. The molecular weight excluding hydrogens is 384 g/mol. The molecule has 2 amide bonds. The minimum atomic E-state index is -0.0130. The van der Waals surface area contributed by atoms with E-state index in [0.29, 0.717) is 25.9 Å². The maximum Gasteiger partial charge on any atom is 0.263 e. The highest BCUT2D eigenvalue weighted by molar-refractivity contribution is 7.12. The molecule has 3 heterocycles. The predicted molar refractivity (Wildman–Crippen MR) is 114 cm³/mol. The first kappa shape index (κ1) is 19.4. The van der Waals surface area contributed by atoms with Crippen LogP contribution >= 0.6 is 11.3 Å². The van der Waals surface area contributed by atoms with Crippen LogP contribution in [0, 0.1) is 0 Å². The van der Waals surface area contributed by atoms with E-state index in [0.717, 1.165) is 29.1 Å². The molecule has 1 fully saturated rings. The number of carbonyl (C=O) groups is 2. The molecule has 4 rings (SSSR count). The summed E-state index contributed by atoms with van der Waals surface area (Å²) < 4.78 is 1.90. The van der Waals surface area contributed by atoms with Gasteiger partial charge in [-0.2, -0.15) is 5.10 Å². The summed E-state index contributed by atoms with van der Waals surface area (Å²) in [5, 5.41) is 9.36. The van der Waals surface area contributed by atoms with Crippen molar-refractivity contribution < 1.29 is 9.59 Å². The smallest absolute Gasteiger partial charge is 0.263 e. The Morgan fingerprint density at radius 1 is 1.07 bits per heavy atom. The van der Waals surface area contributed by atoms with Gasteiger partial charge in [-0.05, 0) is 36.3 Å². The van der Waals surface area contributed by atoms with Crippen molar-refractivity contribution in [3.63, 3.8) is 0 Å². The van der Waals surface area contributed by atoms with Gasteiger partial charge in [0, 0.05) is 25.6 Å². The van der Waals surface area contributed by atoms with E-state index in [4.69, 9.17) is 0 Å². The average Bonchev–Trinajstić information content (AvgIpc) is 3.45. The van der Waals surface area contributed by atoms with Crippen LogP contribution in [-0.4, -0.2) is 39.6 Å². The molecule has 150 valence electrons. The Labute approximate surface area is 174 Å². The number of hydrogen-bond acceptors (Lipinski definition) is 4. The van der Waals surface area contributed by atoms with Gasteiger partial charge >= 0.3 is 0 Å². The number of rotatable bonds is 6. The zero-order valence-corrected chi connectivity index (χ0v) is 17.0. The van der Waals surface area contributed by atoms with Crippen molar-refractivity contribution in [2.75, 3.05) is 18.4 Å². The van der Waals surface area contributed by atoms with Crippen LogP contribution in [0.5, 0.6) is 0 Å². The van der Waals surface area contributed by atoms with Crippen LogP contribution in [0.1, 0.15) is 40.5 Å². The minimum absolute atomic E-state index is 0.0130. The average molecular weight is 409 g/mol. The third-order valence-electron chi connectivity index (χ3n) is 5.25. The number of hydrogen-bond donors (Lipinski definition) is 1. The number of nitrogens with zero attached hydrogens (tertiary/aromatic N) is 3. The van der Waals surface area contributed by atoms with E-state index >= 15 is 0 Å². The molecule has 0 aliphatic carbocycles. The number of aromatic nitrogens is 2. The van der Waals surface area contributed by atoms with Gasteiger partial charge in [0.1, 0.15) is 5.82 Å². The van der Waals surface area contributed by atoms with Crippen molar-refractivity contribution in [1.29, 1.82) is 0 Å². The lowest BCUT2D eigenvalue weighted by molar-refractivity contribution is -0.116. The minimum Gasteiger partial charge on any atom is -0.338 e. The molecule has 1 aliphatic rings. The summed E-state index contributed by atoms with van der Waals surface area (Å²) in [7, 11) is 0. The van der Waals surface area contributed by atoms with Gasteiger partial charge in [0.05, 0.1) is 17.1 Å². The first-order valence-electron chi connectivity index (χ1n) is 9.91. The van der Waals surface area contributed by atoms with Crippen molar-refractivity contribution >= 4 is 29.0 Å². The van der Waals surface area contributed by atoms with Crippen LogP contribution in [0.15, 0.2) is 60.1 Å². The fraction of sp³-hybridized carbons (Fsp3) is 0.318. The number of aryl methyl sites for hydroxylation is 1. The Bertz CT molecular complexity index is 944. The molecule has 2 aromatic heterocycles. The van der Waals surface area contributed by atoms with Gasteiger partial charge in [0.15, 0.2) is 0 Å². The summed E-state index contributed by atoms with van der Waals surface area (Å²) in [6.45, 7) is 1.39. The molecule has 0 spiro atoms. The SMILES string of the molecule is O=C(CCc1ccccc1)Nc1ccnn1C1CCN(C(=O)c2cccs2)CC1. The maximum atomic E-state index is 12.5. The number of carbonyl (C=O) groups excluding carboxylic acids is 2. The van der Waals surface area contributed by atoms with Crippen molar-refractivity contribution in [2.24, 2.45) is 0 Å². The molecule has 0 unspecified atom stereocenters. The lowest BCUT2D eigenvalue weighted by Crippen LogP contribution is -2.39. The number of thiophene rings is 1. The zero-order valence-electron chi connectivity index (χ0n) is 16.2. The van der Waals surface area contributed by atoms with Crippen LogP contribution in [0.25, 0.3) is 0 Å². The number of likely N-dealkylation sites (tertiary alicyclic amines) is 1. The molecular formula is C22H24N4O2S. The van der Waals surface area contributed by atoms with Gasteiger partial charge in [-0.1, -0.05) is 36.4 Å². The van der Waals surface area contributed by atoms with Crippen LogP contribution in [-0.2, 0) is 11.2 Å². The second-order valence-corrected chi connectivity index (χ2v) is 8.14. The summed E-state index contributed by atoms with van der Waals surface area (Å²) in [4.78, 5) is 27.6. The monoisotopic (exact) mass is 408 g/mol. The number of benzene rings is 1. The molecule has 1 aliphatic heterocycles. The molecule has 0 atom stereocenters. The third-order valence-corrected chi connectivity index (χ3v) is 6.11. The Balaban J connectivity index is 1.31. The molecule has 1 saturated heterocycles. The van der Waals surface area contributed by atoms with Crippen LogP contribution in [0.2, 0.25) is 0 Å². The maximum absolute atomic E-state index is 12.5. The topological polar surface area (TPSA) is 67.2 Å². The van der Waals surface area contributed by atoms with Crippen molar-refractivity contribution in [3.05, 3.63) is 70.5 Å². The lowest BCUT2D eigenvalue weighted by Gasteiger charge is -2.32. The summed E-state index contributed by atoms with van der Waals surface area (Å²) in [5.74, 6) is 0.820. The van der Waals surface area contributed by atoms with Crippen LogP contribution in [0.4, 0.5) is 5.82 Å². The second kappa shape index (κ2) is 9.05. The van der Waals surface area contributed by atoms with Gasteiger partial charge < -0.3 is 10.2 Å². The first-order chi connectivity index (χ1) is 14.2. The van der Waals surface area contributed by atoms with E-state index in [1.165, 1.54) is 11.3 Å². The van der Waals surface area contributed by atoms with Crippen molar-refractivity contribution in [2.45, 2.75) is 31.7 Å². The quantitative estimate of drug-likeness (QED) is 0.671. The Morgan fingerprint density at radius 2 is 1.86 bits per heavy atom. The number of anilines is 1. The van der Waals surface area contributed by atoms with E-state index < -0.39 is 0 Å². The van der Waals surface area contributed by atoms with Crippen LogP contribution < -0.4 is 5.32 Å². The van der Waals surface area contributed by atoms with Crippen LogP contribution in [0.3, 0.4) is 0 Å². The highest BCUT2D eigenvalue weighted by Gasteiger charge is 2.26. The van der Waals surface area contributed by atoms with E-state index in [9.17, 15) is 9.59 Å². The molecule has 7 heteroatoms. The standard InChI is InChI=1S/C22H24N4O2S/c27-21(9-8-17-5-2-1-3-6-17)24-20-10-13-23-26(20)18-11-14-25(15-12-18)22(28)19-7-4-16-29-19/h1-7,10,13,16,18H,8-9,11-12,14-15H2,(H,24,27). The van der Waals surface area contributed by atoms with Gasteiger partial charge in [0.2, 0.25) is 5.91 Å². The van der Waals surface area contributed by atoms with Gasteiger partial charge in [-0.3, -0.25) is 9.59 Å². The van der Waals surface area contributed by atoms with E-state index in [1.807, 2.05) is 63.5 Å². The van der Waals surface area contributed by atoms with E-state index in [-0.39, 0.29) is 17.9 Å². The molecule has 6 nitrogen and oxygen atoms in total. The van der Waals surface area contributed by atoms with E-state index in [2.05, 4.69) is 10.4 Å². The number of piperidine rings is 1. The molecule has 29 heavy (non-hydrogen) atoms. The molecule has 0 radical (unpaired) electrons. The largest absolute Gasteiger partial charge is 0.338 e. The zero-order chi connectivity index (χ0) is 20.1. The molecule has 0 bridgehead atoms. The molecule has 3 aromatic rings. The Morgan fingerprint density at radius 3 is 2.59 bits per heavy atom. The first-order valence-corrected chi connectivity index (χ1v) is 10.8. The van der Waals surface area contributed by atoms with Crippen molar-refractivity contribution in [1.82, 2.24) is 14.7 Å². The fourth-order valence-electron chi connectivity index (χ4n) is 3.68. The molecule has 0 saturated carbocycles. The van der Waals surface area contributed by atoms with Gasteiger partial charge in [-0.15, -0.1) is 11.3 Å². The molecule has 1 N–H and O–H groups in total. The summed E-state index contributed by atoms with van der Waals surface area (Å²) in [6.07, 6.45) is 4.51. The highest BCUT2D eigenvalue weighted by Crippen LogP contribution is 2.27. The molecule has 1 aromatic carbocycles. The fourth-order valence-corrected chi connectivity index (χ4v) is 4.37. The number of nitrogens with one attached hydrogen (secondary N) is 1. The van der Waals surface area contributed by atoms with E-state index in [1.54, 1.807) is 6.20 Å². The van der Waals surface area contributed by atoms with Gasteiger partial charge in [-0.25, -0.2) is 4.68 Å². The third kappa shape index (κ3) is 4.74. The Hall–Kier alpha value is -2.93.